The fourth-order valence-corrected chi connectivity index (χ4v) is 1.94. The van der Waals surface area contributed by atoms with Gasteiger partial charge in [0.1, 0.15) is 11.5 Å². The van der Waals surface area contributed by atoms with Gasteiger partial charge >= 0.3 is 0 Å². The molecule has 0 heterocycles. The van der Waals surface area contributed by atoms with Crippen LogP contribution in [0.2, 0.25) is 0 Å². The summed E-state index contributed by atoms with van der Waals surface area (Å²) in [7, 11) is 0. The van der Waals surface area contributed by atoms with E-state index in [0.29, 0.717) is 24.5 Å². The highest BCUT2D eigenvalue weighted by Gasteiger charge is 2.09. The third kappa shape index (κ3) is 2.30. The Balaban J connectivity index is 2.63. The summed E-state index contributed by atoms with van der Waals surface area (Å²) in [5, 5.41) is 1.94. The van der Waals surface area contributed by atoms with Gasteiger partial charge in [-0.25, -0.2) is 0 Å². The smallest absolute Gasteiger partial charge is 0.153 e. The van der Waals surface area contributed by atoms with E-state index < -0.39 is 0 Å². The molecule has 0 aliphatic rings. The van der Waals surface area contributed by atoms with Gasteiger partial charge in [0, 0.05) is 5.39 Å². The molecule has 2 aromatic carbocycles. The highest BCUT2D eigenvalue weighted by atomic mass is 16.5. The summed E-state index contributed by atoms with van der Waals surface area (Å²) in [5.41, 5.74) is 0.568. The first kappa shape index (κ1) is 12.4. The van der Waals surface area contributed by atoms with Crippen molar-refractivity contribution in [2.45, 2.75) is 13.8 Å². The predicted octanol–water partition coefficient (Wildman–Crippen LogP) is 3.45. The number of aldehydes is 1. The Kier molecular flexibility index (Phi) is 3.82. The Bertz CT molecular complexity index is 561. The zero-order chi connectivity index (χ0) is 13.0. The minimum Gasteiger partial charge on any atom is -0.494 e. The van der Waals surface area contributed by atoms with E-state index in [2.05, 4.69) is 0 Å². The fraction of sp³-hybridized carbons (Fsp3) is 0.267. The molecule has 0 unspecified atom stereocenters. The van der Waals surface area contributed by atoms with E-state index in [1.165, 1.54) is 0 Å². The number of carbonyl (C=O) groups excluding carboxylic acids is 1. The molecule has 0 saturated heterocycles. The van der Waals surface area contributed by atoms with Crippen LogP contribution in [0, 0.1) is 0 Å². The molecule has 0 aliphatic heterocycles. The number of carbonyl (C=O) groups is 1. The Labute approximate surface area is 106 Å². The van der Waals surface area contributed by atoms with Crippen LogP contribution >= 0.6 is 0 Å². The quantitative estimate of drug-likeness (QED) is 0.756. The van der Waals surface area contributed by atoms with Gasteiger partial charge in [0.25, 0.3) is 0 Å². The van der Waals surface area contributed by atoms with E-state index in [0.717, 1.165) is 22.8 Å². The van der Waals surface area contributed by atoms with Crippen molar-refractivity contribution >= 4 is 17.1 Å². The molecule has 0 amide bonds. The van der Waals surface area contributed by atoms with Crippen LogP contribution in [0.3, 0.4) is 0 Å². The molecule has 0 bridgehead atoms. The lowest BCUT2D eigenvalue weighted by Gasteiger charge is -2.11. The van der Waals surface area contributed by atoms with Crippen LogP contribution in [0.25, 0.3) is 10.8 Å². The van der Waals surface area contributed by atoms with Crippen molar-refractivity contribution < 1.29 is 14.3 Å². The zero-order valence-electron chi connectivity index (χ0n) is 10.6. The van der Waals surface area contributed by atoms with Gasteiger partial charge in [0.15, 0.2) is 6.29 Å². The number of ether oxygens (including phenoxy) is 2. The predicted molar refractivity (Wildman–Crippen MR) is 71.7 cm³/mol. The van der Waals surface area contributed by atoms with Crippen molar-refractivity contribution in [1.29, 1.82) is 0 Å². The summed E-state index contributed by atoms with van der Waals surface area (Å²) in [4.78, 5) is 11.0. The van der Waals surface area contributed by atoms with Crippen LogP contribution in [0.15, 0.2) is 30.3 Å². The van der Waals surface area contributed by atoms with Crippen molar-refractivity contribution in [3.05, 3.63) is 35.9 Å². The topological polar surface area (TPSA) is 35.5 Å². The lowest BCUT2D eigenvalue weighted by Crippen LogP contribution is -1.98. The maximum absolute atomic E-state index is 11.0. The van der Waals surface area contributed by atoms with Gasteiger partial charge in [0.05, 0.1) is 18.8 Å². The molecule has 3 heteroatoms. The Morgan fingerprint density at radius 3 is 2.44 bits per heavy atom. The standard InChI is InChI=1S/C15H16O3/c1-3-17-13-8-7-11-5-6-12(10-16)15(18-4-2)14(11)9-13/h5-10H,3-4H2,1-2H3. The number of benzene rings is 2. The lowest BCUT2D eigenvalue weighted by molar-refractivity contribution is 0.112. The van der Waals surface area contributed by atoms with Gasteiger partial charge in [-0.05, 0) is 37.4 Å². The van der Waals surface area contributed by atoms with Gasteiger partial charge in [-0.15, -0.1) is 0 Å². The van der Waals surface area contributed by atoms with Gasteiger partial charge < -0.3 is 9.47 Å². The summed E-state index contributed by atoms with van der Waals surface area (Å²) in [5.74, 6) is 1.42. The lowest BCUT2D eigenvalue weighted by atomic mass is 10.1. The van der Waals surface area contributed by atoms with E-state index >= 15 is 0 Å². The summed E-state index contributed by atoms with van der Waals surface area (Å²) >= 11 is 0. The average molecular weight is 244 g/mol. The molecule has 0 saturated carbocycles. The Hall–Kier alpha value is -2.03. The number of fused-ring (bicyclic) bond motifs is 1. The molecule has 0 aromatic heterocycles. The largest absolute Gasteiger partial charge is 0.494 e. The van der Waals surface area contributed by atoms with E-state index in [1.54, 1.807) is 6.07 Å². The normalized spacial score (nSPS) is 10.3. The van der Waals surface area contributed by atoms with Crippen molar-refractivity contribution in [1.82, 2.24) is 0 Å². The highest BCUT2D eigenvalue weighted by Crippen LogP contribution is 2.32. The minimum absolute atomic E-state index is 0.527. The summed E-state index contributed by atoms with van der Waals surface area (Å²) < 4.78 is 11.1. The van der Waals surface area contributed by atoms with Crippen molar-refractivity contribution in [2.24, 2.45) is 0 Å². The molecule has 0 fully saturated rings. The first-order chi connectivity index (χ1) is 8.80. The SMILES string of the molecule is CCOc1ccc2ccc(C=O)c(OCC)c2c1. The number of hydrogen-bond donors (Lipinski definition) is 0. The van der Waals surface area contributed by atoms with Crippen LogP contribution in [-0.4, -0.2) is 19.5 Å². The fourth-order valence-electron chi connectivity index (χ4n) is 1.94. The van der Waals surface area contributed by atoms with Crippen LogP contribution in [0.5, 0.6) is 11.5 Å². The maximum atomic E-state index is 11.0. The molecule has 0 atom stereocenters. The first-order valence-electron chi connectivity index (χ1n) is 6.07. The van der Waals surface area contributed by atoms with Gasteiger partial charge in [-0.3, -0.25) is 4.79 Å². The van der Waals surface area contributed by atoms with E-state index in [-0.39, 0.29) is 0 Å². The van der Waals surface area contributed by atoms with Crippen LogP contribution in [0.1, 0.15) is 24.2 Å². The Morgan fingerprint density at radius 2 is 1.78 bits per heavy atom. The molecule has 0 N–H and O–H groups in total. The molecule has 18 heavy (non-hydrogen) atoms. The zero-order valence-corrected chi connectivity index (χ0v) is 10.6. The van der Waals surface area contributed by atoms with Crippen molar-refractivity contribution in [3.8, 4) is 11.5 Å². The van der Waals surface area contributed by atoms with E-state index in [1.807, 2.05) is 38.1 Å². The second-order valence-electron chi connectivity index (χ2n) is 3.85. The van der Waals surface area contributed by atoms with Gasteiger partial charge in [0.2, 0.25) is 0 Å². The van der Waals surface area contributed by atoms with Crippen LogP contribution in [-0.2, 0) is 0 Å². The summed E-state index contributed by atoms with van der Waals surface area (Å²) in [6.07, 6.45) is 0.817. The summed E-state index contributed by atoms with van der Waals surface area (Å²) in [6.45, 7) is 4.98. The van der Waals surface area contributed by atoms with Gasteiger partial charge in [-0.2, -0.15) is 0 Å². The second kappa shape index (κ2) is 5.54. The molecular formula is C15H16O3. The number of rotatable bonds is 5. The molecule has 94 valence electrons. The highest BCUT2D eigenvalue weighted by molar-refractivity contribution is 5.96. The molecule has 2 rings (SSSR count). The van der Waals surface area contributed by atoms with E-state index in [9.17, 15) is 4.79 Å². The molecular weight excluding hydrogens is 228 g/mol. The van der Waals surface area contributed by atoms with Crippen molar-refractivity contribution in [3.63, 3.8) is 0 Å². The maximum Gasteiger partial charge on any atom is 0.153 e. The first-order valence-corrected chi connectivity index (χ1v) is 6.07. The van der Waals surface area contributed by atoms with Crippen LogP contribution < -0.4 is 9.47 Å². The van der Waals surface area contributed by atoms with Crippen LogP contribution in [0.4, 0.5) is 0 Å². The molecule has 2 aromatic rings. The van der Waals surface area contributed by atoms with Gasteiger partial charge in [-0.1, -0.05) is 12.1 Å². The molecule has 0 spiro atoms. The third-order valence-electron chi connectivity index (χ3n) is 2.70. The average Bonchev–Trinajstić information content (AvgIpc) is 2.40. The number of hydrogen-bond acceptors (Lipinski definition) is 3. The molecule has 0 aliphatic carbocycles. The molecule has 3 nitrogen and oxygen atoms in total. The third-order valence-corrected chi connectivity index (χ3v) is 2.70. The Morgan fingerprint density at radius 1 is 1.06 bits per heavy atom. The minimum atomic E-state index is 0.527. The van der Waals surface area contributed by atoms with Crippen molar-refractivity contribution in [2.75, 3.05) is 13.2 Å². The van der Waals surface area contributed by atoms with E-state index in [4.69, 9.17) is 9.47 Å². The summed E-state index contributed by atoms with van der Waals surface area (Å²) in [6, 6.07) is 9.49. The molecule has 0 radical (unpaired) electrons. The second-order valence-corrected chi connectivity index (χ2v) is 3.85. The monoisotopic (exact) mass is 244 g/mol.